The zero-order valence-electron chi connectivity index (χ0n) is 6.43. The van der Waals surface area contributed by atoms with Crippen LogP contribution < -0.4 is 5.43 Å². The van der Waals surface area contributed by atoms with Crippen LogP contribution in [0.1, 0.15) is 0 Å². The van der Waals surface area contributed by atoms with Gasteiger partial charge < -0.3 is 0 Å². The number of benzene rings is 1. The fourth-order valence-corrected chi connectivity index (χ4v) is 1.78. The van der Waals surface area contributed by atoms with Gasteiger partial charge in [0.25, 0.3) is 0 Å². The normalized spacial score (nSPS) is 10.2. The van der Waals surface area contributed by atoms with E-state index in [1.807, 2.05) is 23.6 Å². The summed E-state index contributed by atoms with van der Waals surface area (Å²) in [4.78, 5) is 10.2. The lowest BCUT2D eigenvalue weighted by atomic mass is 10.3. The van der Waals surface area contributed by atoms with Crippen LogP contribution in [0.2, 0.25) is 0 Å². The second-order valence-electron chi connectivity index (χ2n) is 2.40. The molecule has 1 aromatic heterocycles. The molecule has 0 amide bonds. The Morgan fingerprint density at radius 2 is 2.23 bits per heavy atom. The van der Waals surface area contributed by atoms with Crippen molar-refractivity contribution in [2.24, 2.45) is 0 Å². The summed E-state index contributed by atoms with van der Waals surface area (Å²) < 4.78 is 4.86. The summed E-state index contributed by atoms with van der Waals surface area (Å²) in [6, 6.07) is 7.36. The lowest BCUT2D eigenvalue weighted by molar-refractivity contribution is -0.445. The molecule has 13 heavy (non-hydrogen) atoms. The third kappa shape index (κ3) is 1.43. The van der Waals surface area contributed by atoms with Crippen molar-refractivity contribution >= 4 is 27.4 Å². The van der Waals surface area contributed by atoms with E-state index in [0.717, 1.165) is 10.1 Å². The van der Waals surface area contributed by atoms with Gasteiger partial charge >= 0.3 is 0 Å². The lowest BCUT2D eigenvalue weighted by Gasteiger charge is -1.91. The largest absolute Gasteiger partial charge is 0.234 e. The first-order valence-corrected chi connectivity index (χ1v) is 4.30. The maximum atomic E-state index is 10.2. The van der Waals surface area contributed by atoms with Crippen LogP contribution >= 0.6 is 11.5 Å². The van der Waals surface area contributed by atoms with Crippen LogP contribution in [0.15, 0.2) is 24.3 Å². The summed E-state index contributed by atoms with van der Waals surface area (Å²) in [5.74, 6) is 0.311. The van der Waals surface area contributed by atoms with Crippen molar-refractivity contribution in [2.75, 3.05) is 5.43 Å². The van der Waals surface area contributed by atoms with Gasteiger partial charge in [-0.25, -0.2) is 10.1 Å². The molecule has 1 N–H and O–H groups in total. The molecule has 5 nitrogen and oxygen atoms in total. The molecular formula is C7H5N3O2S. The highest BCUT2D eigenvalue weighted by molar-refractivity contribution is 7.13. The summed E-state index contributed by atoms with van der Waals surface area (Å²) >= 11 is 1.24. The third-order valence-electron chi connectivity index (χ3n) is 1.57. The zero-order valence-corrected chi connectivity index (χ0v) is 7.25. The zero-order chi connectivity index (χ0) is 9.26. The van der Waals surface area contributed by atoms with Crippen molar-refractivity contribution in [3.05, 3.63) is 34.4 Å². The van der Waals surface area contributed by atoms with Gasteiger partial charge in [0.2, 0.25) is 5.82 Å². The van der Waals surface area contributed by atoms with Crippen LogP contribution in [-0.4, -0.2) is 9.41 Å². The number of aromatic nitrogens is 1. The van der Waals surface area contributed by atoms with E-state index in [9.17, 15) is 10.1 Å². The van der Waals surface area contributed by atoms with Crippen molar-refractivity contribution in [1.29, 1.82) is 0 Å². The first-order valence-electron chi connectivity index (χ1n) is 3.53. The molecular weight excluding hydrogens is 190 g/mol. The van der Waals surface area contributed by atoms with E-state index in [-0.39, 0.29) is 0 Å². The van der Waals surface area contributed by atoms with Crippen LogP contribution in [0.4, 0.5) is 5.82 Å². The monoisotopic (exact) mass is 195 g/mol. The van der Waals surface area contributed by atoms with Crippen LogP contribution in [0, 0.1) is 10.1 Å². The number of hydrogen-bond acceptors (Lipinski definition) is 4. The van der Waals surface area contributed by atoms with Gasteiger partial charge in [-0.2, -0.15) is 4.37 Å². The number of hydrazine groups is 1. The summed E-state index contributed by atoms with van der Waals surface area (Å²) in [6.45, 7) is 0. The fourth-order valence-electron chi connectivity index (χ4n) is 1.05. The SMILES string of the molecule is O=[N+]([O-])Nc1nsc2ccccc12. The molecule has 0 fully saturated rings. The Labute approximate surface area is 77.3 Å². The lowest BCUT2D eigenvalue weighted by Crippen LogP contribution is -2.07. The van der Waals surface area contributed by atoms with Crippen molar-refractivity contribution in [3.8, 4) is 0 Å². The molecule has 1 heterocycles. The fraction of sp³-hybridized carbons (Fsp3) is 0. The molecule has 0 aliphatic carbocycles. The Morgan fingerprint density at radius 1 is 1.46 bits per heavy atom. The number of nitrogens with one attached hydrogen (secondary N) is 1. The third-order valence-corrected chi connectivity index (χ3v) is 2.40. The Hall–Kier alpha value is -1.69. The Kier molecular flexibility index (Phi) is 1.82. The average Bonchev–Trinajstić information content (AvgIpc) is 2.48. The van der Waals surface area contributed by atoms with Crippen LogP contribution in [0.3, 0.4) is 0 Å². The van der Waals surface area contributed by atoms with E-state index >= 15 is 0 Å². The standard InChI is InChI=1S/C7H5N3O2S/c11-10(12)8-7-5-3-1-2-4-6(5)13-9-7/h1-4H,(H,8,9). The minimum absolute atomic E-state index is 0.311. The van der Waals surface area contributed by atoms with Crippen LogP contribution in [-0.2, 0) is 0 Å². The molecule has 0 aliphatic heterocycles. The van der Waals surface area contributed by atoms with Crippen LogP contribution in [0.25, 0.3) is 10.1 Å². The number of fused-ring (bicyclic) bond motifs is 1. The topological polar surface area (TPSA) is 68.1 Å². The van der Waals surface area contributed by atoms with E-state index in [4.69, 9.17) is 0 Å². The van der Waals surface area contributed by atoms with Crippen molar-refractivity contribution < 1.29 is 5.03 Å². The Morgan fingerprint density at radius 3 is 3.00 bits per heavy atom. The molecule has 0 saturated heterocycles. The second-order valence-corrected chi connectivity index (χ2v) is 3.20. The summed E-state index contributed by atoms with van der Waals surface area (Å²) in [6.07, 6.45) is 0. The molecule has 1 aromatic carbocycles. The van der Waals surface area contributed by atoms with E-state index in [1.54, 1.807) is 6.07 Å². The highest BCUT2D eigenvalue weighted by Crippen LogP contribution is 2.25. The minimum atomic E-state index is -0.610. The first-order chi connectivity index (χ1) is 6.27. The molecule has 0 unspecified atom stereocenters. The average molecular weight is 195 g/mol. The van der Waals surface area contributed by atoms with Crippen LogP contribution in [0.5, 0.6) is 0 Å². The first kappa shape index (κ1) is 7.93. The minimum Gasteiger partial charge on any atom is -0.234 e. The number of nitrogens with zero attached hydrogens (tertiary/aromatic N) is 2. The second kappa shape index (κ2) is 2.98. The quantitative estimate of drug-likeness (QED) is 0.587. The molecule has 0 radical (unpaired) electrons. The Balaban J connectivity index is 2.51. The van der Waals surface area contributed by atoms with Crippen molar-refractivity contribution in [1.82, 2.24) is 4.37 Å². The molecule has 66 valence electrons. The molecule has 6 heteroatoms. The number of nitro groups is 1. The van der Waals surface area contributed by atoms with Gasteiger partial charge in [-0.05, 0) is 23.7 Å². The van der Waals surface area contributed by atoms with E-state index in [0.29, 0.717) is 5.82 Å². The maximum Gasteiger partial charge on any atom is 0.211 e. The predicted molar refractivity (Wildman–Crippen MR) is 50.2 cm³/mol. The summed E-state index contributed by atoms with van der Waals surface area (Å²) in [7, 11) is 0. The smallest absolute Gasteiger partial charge is 0.211 e. The van der Waals surface area contributed by atoms with Gasteiger partial charge in [0.1, 0.15) is 0 Å². The highest BCUT2D eigenvalue weighted by atomic mass is 32.1. The summed E-state index contributed by atoms with van der Waals surface area (Å²) in [5, 5.41) is 10.3. The summed E-state index contributed by atoms with van der Waals surface area (Å²) in [5.41, 5.74) is 2.05. The van der Waals surface area contributed by atoms with Crippen molar-refractivity contribution in [2.45, 2.75) is 0 Å². The number of rotatable bonds is 2. The molecule has 0 aliphatic rings. The molecule has 2 rings (SSSR count). The Bertz CT molecular complexity index is 454. The molecule has 0 atom stereocenters. The van der Waals surface area contributed by atoms with E-state index in [1.165, 1.54) is 11.5 Å². The van der Waals surface area contributed by atoms with Gasteiger partial charge in [-0.3, -0.25) is 0 Å². The predicted octanol–water partition coefficient (Wildman–Crippen LogP) is 1.90. The maximum absolute atomic E-state index is 10.2. The number of anilines is 1. The van der Waals surface area contributed by atoms with Gasteiger partial charge in [0.05, 0.1) is 4.70 Å². The van der Waals surface area contributed by atoms with E-state index in [2.05, 4.69) is 4.37 Å². The molecule has 0 saturated carbocycles. The molecule has 2 aromatic rings. The van der Waals surface area contributed by atoms with Gasteiger partial charge in [-0.1, -0.05) is 17.6 Å². The molecule has 0 spiro atoms. The van der Waals surface area contributed by atoms with Crippen molar-refractivity contribution in [3.63, 3.8) is 0 Å². The van der Waals surface area contributed by atoms with Gasteiger partial charge in [0.15, 0.2) is 5.03 Å². The highest BCUT2D eigenvalue weighted by Gasteiger charge is 2.08. The van der Waals surface area contributed by atoms with E-state index < -0.39 is 5.03 Å². The van der Waals surface area contributed by atoms with Gasteiger partial charge in [-0.15, -0.1) is 0 Å². The number of hydrogen-bond donors (Lipinski definition) is 1. The van der Waals surface area contributed by atoms with Gasteiger partial charge in [0, 0.05) is 5.39 Å². The molecule has 0 bridgehead atoms.